The van der Waals surface area contributed by atoms with E-state index in [2.05, 4.69) is 21.4 Å². The van der Waals surface area contributed by atoms with Crippen molar-refractivity contribution in [2.75, 3.05) is 5.32 Å². The molecule has 0 saturated heterocycles. The SMILES string of the molecule is Cn1c(C(C#N)=CNc2ccccn2)nc2ccccc21. The maximum atomic E-state index is 9.38. The molecule has 0 unspecified atom stereocenters. The van der Waals surface area contributed by atoms with Crippen LogP contribution in [0.4, 0.5) is 5.82 Å². The number of nitrogens with zero attached hydrogens (tertiary/aromatic N) is 4. The summed E-state index contributed by atoms with van der Waals surface area (Å²) in [6.07, 6.45) is 3.32. The maximum absolute atomic E-state index is 9.38. The molecule has 0 saturated carbocycles. The lowest BCUT2D eigenvalue weighted by Gasteiger charge is -2.02. The molecule has 0 fully saturated rings. The summed E-state index contributed by atoms with van der Waals surface area (Å²) < 4.78 is 1.91. The van der Waals surface area contributed by atoms with E-state index in [0.717, 1.165) is 11.0 Å². The van der Waals surface area contributed by atoms with Gasteiger partial charge in [-0.05, 0) is 24.3 Å². The van der Waals surface area contributed by atoms with Gasteiger partial charge in [-0.15, -0.1) is 0 Å². The van der Waals surface area contributed by atoms with Gasteiger partial charge in [-0.1, -0.05) is 18.2 Å². The second-order valence-corrected chi connectivity index (χ2v) is 4.51. The monoisotopic (exact) mass is 275 g/mol. The molecule has 3 rings (SSSR count). The Morgan fingerprint density at radius 3 is 2.76 bits per heavy atom. The summed E-state index contributed by atoms with van der Waals surface area (Å²) in [6, 6.07) is 15.5. The number of nitriles is 1. The van der Waals surface area contributed by atoms with E-state index in [9.17, 15) is 5.26 Å². The molecule has 0 bridgehead atoms. The number of benzene rings is 1. The van der Waals surface area contributed by atoms with Crippen molar-refractivity contribution in [1.29, 1.82) is 5.26 Å². The van der Waals surface area contributed by atoms with Crippen LogP contribution in [0, 0.1) is 11.3 Å². The number of aromatic nitrogens is 3. The number of hydrogen-bond acceptors (Lipinski definition) is 4. The second-order valence-electron chi connectivity index (χ2n) is 4.51. The van der Waals surface area contributed by atoms with Crippen molar-refractivity contribution in [3.8, 4) is 6.07 Å². The van der Waals surface area contributed by atoms with E-state index in [4.69, 9.17) is 0 Å². The van der Waals surface area contributed by atoms with Crippen molar-refractivity contribution in [2.45, 2.75) is 0 Å². The van der Waals surface area contributed by atoms with Gasteiger partial charge in [0.15, 0.2) is 5.82 Å². The predicted octanol–water partition coefficient (Wildman–Crippen LogP) is 2.94. The summed E-state index contributed by atoms with van der Waals surface area (Å²) in [5, 5.41) is 12.4. The van der Waals surface area contributed by atoms with E-state index in [-0.39, 0.29) is 0 Å². The van der Waals surface area contributed by atoms with Gasteiger partial charge in [0.25, 0.3) is 0 Å². The van der Waals surface area contributed by atoms with Crippen LogP contribution in [0.1, 0.15) is 5.82 Å². The molecule has 3 aromatic rings. The first-order valence-corrected chi connectivity index (χ1v) is 6.49. The number of hydrogen-bond donors (Lipinski definition) is 1. The smallest absolute Gasteiger partial charge is 0.153 e. The fraction of sp³-hybridized carbons (Fsp3) is 0.0625. The zero-order valence-electron chi connectivity index (χ0n) is 11.5. The van der Waals surface area contributed by atoms with Gasteiger partial charge >= 0.3 is 0 Å². The fourth-order valence-electron chi connectivity index (χ4n) is 2.13. The van der Waals surface area contributed by atoms with Crippen LogP contribution >= 0.6 is 0 Å². The van der Waals surface area contributed by atoms with E-state index in [1.54, 1.807) is 12.4 Å². The Hall–Kier alpha value is -3.13. The summed E-state index contributed by atoms with van der Waals surface area (Å²) >= 11 is 0. The Balaban J connectivity index is 1.99. The minimum atomic E-state index is 0.458. The summed E-state index contributed by atoms with van der Waals surface area (Å²) in [7, 11) is 1.90. The third kappa shape index (κ3) is 2.47. The molecule has 0 aliphatic heterocycles. The van der Waals surface area contributed by atoms with Gasteiger partial charge in [0.2, 0.25) is 0 Å². The highest BCUT2D eigenvalue weighted by Gasteiger charge is 2.11. The number of aryl methyl sites for hydroxylation is 1. The first-order chi connectivity index (χ1) is 10.3. The Morgan fingerprint density at radius 1 is 1.24 bits per heavy atom. The molecule has 2 heterocycles. The standard InChI is InChI=1S/C16H13N5/c1-21-14-7-3-2-6-13(14)20-16(21)12(10-17)11-19-15-8-4-5-9-18-15/h2-9,11H,1H3,(H,18,19). The van der Waals surface area contributed by atoms with Crippen molar-refractivity contribution < 1.29 is 0 Å². The van der Waals surface area contributed by atoms with Gasteiger partial charge in [-0.2, -0.15) is 5.26 Å². The van der Waals surface area contributed by atoms with Gasteiger partial charge in [0.05, 0.1) is 11.0 Å². The van der Waals surface area contributed by atoms with E-state index in [0.29, 0.717) is 17.2 Å². The molecule has 102 valence electrons. The number of anilines is 1. The van der Waals surface area contributed by atoms with Crippen LogP contribution < -0.4 is 5.32 Å². The Morgan fingerprint density at radius 2 is 2.05 bits per heavy atom. The molecule has 0 spiro atoms. The molecular formula is C16H13N5. The average Bonchev–Trinajstić information content (AvgIpc) is 2.87. The second kappa shape index (κ2) is 5.47. The van der Waals surface area contributed by atoms with E-state index in [1.807, 2.05) is 54.1 Å². The molecule has 21 heavy (non-hydrogen) atoms. The highest BCUT2D eigenvalue weighted by atomic mass is 15.1. The van der Waals surface area contributed by atoms with Crippen molar-refractivity contribution in [1.82, 2.24) is 14.5 Å². The van der Waals surface area contributed by atoms with Gasteiger partial charge < -0.3 is 9.88 Å². The van der Waals surface area contributed by atoms with Gasteiger partial charge in [-0.3, -0.25) is 0 Å². The summed E-state index contributed by atoms with van der Waals surface area (Å²) in [4.78, 5) is 8.66. The molecule has 0 aliphatic carbocycles. The quantitative estimate of drug-likeness (QED) is 0.746. The maximum Gasteiger partial charge on any atom is 0.153 e. The van der Waals surface area contributed by atoms with Crippen molar-refractivity contribution in [3.05, 3.63) is 60.7 Å². The van der Waals surface area contributed by atoms with Crippen LogP contribution in [-0.2, 0) is 7.05 Å². The lowest BCUT2D eigenvalue weighted by Crippen LogP contribution is -1.99. The van der Waals surface area contributed by atoms with Gasteiger partial charge in [0.1, 0.15) is 17.5 Å². The third-order valence-electron chi connectivity index (χ3n) is 3.18. The molecule has 0 radical (unpaired) electrons. The minimum absolute atomic E-state index is 0.458. The van der Waals surface area contributed by atoms with Crippen LogP contribution in [0.25, 0.3) is 16.6 Å². The van der Waals surface area contributed by atoms with Crippen molar-refractivity contribution in [2.24, 2.45) is 7.05 Å². The number of nitrogens with one attached hydrogen (secondary N) is 1. The zero-order valence-corrected chi connectivity index (χ0v) is 11.5. The molecule has 1 aromatic carbocycles. The zero-order chi connectivity index (χ0) is 14.7. The van der Waals surface area contributed by atoms with E-state index < -0.39 is 0 Å². The van der Waals surface area contributed by atoms with E-state index >= 15 is 0 Å². The summed E-state index contributed by atoms with van der Waals surface area (Å²) in [6.45, 7) is 0. The number of para-hydroxylation sites is 2. The third-order valence-corrected chi connectivity index (χ3v) is 3.18. The molecular weight excluding hydrogens is 262 g/mol. The highest BCUT2D eigenvalue weighted by Crippen LogP contribution is 2.19. The van der Waals surface area contributed by atoms with Crippen LogP contribution in [0.5, 0.6) is 0 Å². The molecule has 2 aromatic heterocycles. The first-order valence-electron chi connectivity index (χ1n) is 6.49. The Labute approximate surface area is 122 Å². The summed E-state index contributed by atoms with van der Waals surface area (Å²) in [5.74, 6) is 1.31. The summed E-state index contributed by atoms with van der Waals surface area (Å²) in [5.41, 5.74) is 2.32. The van der Waals surface area contributed by atoms with Crippen molar-refractivity contribution in [3.63, 3.8) is 0 Å². The van der Waals surface area contributed by atoms with Crippen LogP contribution in [0.15, 0.2) is 54.9 Å². The number of allylic oxidation sites excluding steroid dienone is 1. The predicted molar refractivity (Wildman–Crippen MR) is 82.2 cm³/mol. The fourth-order valence-corrected chi connectivity index (χ4v) is 2.13. The van der Waals surface area contributed by atoms with Gasteiger partial charge in [-0.25, -0.2) is 9.97 Å². The largest absolute Gasteiger partial charge is 0.345 e. The molecule has 1 N–H and O–H groups in total. The number of rotatable bonds is 3. The topological polar surface area (TPSA) is 66.5 Å². The average molecular weight is 275 g/mol. The molecule has 0 aliphatic rings. The van der Waals surface area contributed by atoms with Crippen LogP contribution in [0.3, 0.4) is 0 Å². The minimum Gasteiger partial charge on any atom is -0.345 e. The van der Waals surface area contributed by atoms with Crippen LogP contribution in [0.2, 0.25) is 0 Å². The van der Waals surface area contributed by atoms with Crippen molar-refractivity contribution >= 4 is 22.4 Å². The molecule has 0 atom stereocenters. The lowest BCUT2D eigenvalue weighted by molar-refractivity contribution is 0.924. The molecule has 5 nitrogen and oxygen atoms in total. The van der Waals surface area contributed by atoms with Crippen LogP contribution in [-0.4, -0.2) is 14.5 Å². The first kappa shape index (κ1) is 12.9. The Bertz CT molecular complexity index is 840. The molecule has 0 amide bonds. The van der Waals surface area contributed by atoms with E-state index in [1.165, 1.54) is 0 Å². The number of fused-ring (bicyclic) bond motifs is 1. The molecule has 5 heteroatoms. The number of imidazole rings is 1. The normalized spacial score (nSPS) is 11.3. The highest BCUT2D eigenvalue weighted by molar-refractivity contribution is 5.83. The lowest BCUT2D eigenvalue weighted by atomic mass is 10.3. The Kier molecular flexibility index (Phi) is 3.36. The number of pyridine rings is 1. The van der Waals surface area contributed by atoms with Gasteiger partial charge in [0, 0.05) is 19.4 Å².